The third kappa shape index (κ3) is 3.82. The van der Waals surface area contributed by atoms with Gasteiger partial charge >= 0.3 is 4.87 Å². The van der Waals surface area contributed by atoms with E-state index >= 15 is 0 Å². The van der Waals surface area contributed by atoms with Crippen LogP contribution in [0.2, 0.25) is 0 Å². The summed E-state index contributed by atoms with van der Waals surface area (Å²) in [5.74, 6) is 0.750. The minimum atomic E-state index is -3.66. The lowest BCUT2D eigenvalue weighted by atomic mass is 10.1. The molecule has 0 saturated heterocycles. The number of fused-ring (bicyclic) bond motifs is 1. The van der Waals surface area contributed by atoms with Crippen molar-refractivity contribution in [3.63, 3.8) is 0 Å². The van der Waals surface area contributed by atoms with Crippen LogP contribution in [0.4, 0.5) is 0 Å². The SMILES string of the molecule is Cc1ccc(C)c(OCCNS(=O)(=O)c2ccc3c(c2)sc(=O)n3C)c1. The summed E-state index contributed by atoms with van der Waals surface area (Å²) in [6.07, 6.45) is 0. The second kappa shape index (κ2) is 7.22. The average Bonchev–Trinajstić information content (AvgIpc) is 2.88. The maximum atomic E-state index is 12.5. The zero-order chi connectivity index (χ0) is 18.9. The van der Waals surface area contributed by atoms with E-state index in [1.807, 2.05) is 32.0 Å². The van der Waals surface area contributed by atoms with Crippen molar-refractivity contribution in [3.8, 4) is 5.75 Å². The predicted molar refractivity (Wildman–Crippen MR) is 104 cm³/mol. The number of hydrogen-bond donors (Lipinski definition) is 1. The molecule has 0 amide bonds. The van der Waals surface area contributed by atoms with Crippen LogP contribution in [-0.2, 0) is 17.1 Å². The lowest BCUT2D eigenvalue weighted by Gasteiger charge is -2.11. The van der Waals surface area contributed by atoms with Gasteiger partial charge in [-0.1, -0.05) is 23.5 Å². The van der Waals surface area contributed by atoms with Crippen molar-refractivity contribution in [2.24, 2.45) is 7.05 Å². The number of nitrogens with one attached hydrogen (secondary N) is 1. The van der Waals surface area contributed by atoms with E-state index in [4.69, 9.17) is 4.74 Å². The van der Waals surface area contributed by atoms with E-state index in [0.717, 1.165) is 33.7 Å². The van der Waals surface area contributed by atoms with Crippen LogP contribution < -0.4 is 14.3 Å². The highest BCUT2D eigenvalue weighted by Gasteiger charge is 2.16. The van der Waals surface area contributed by atoms with Crippen molar-refractivity contribution in [2.75, 3.05) is 13.2 Å². The van der Waals surface area contributed by atoms with E-state index in [-0.39, 0.29) is 22.9 Å². The highest BCUT2D eigenvalue weighted by Crippen LogP contribution is 2.21. The van der Waals surface area contributed by atoms with Gasteiger partial charge < -0.3 is 9.30 Å². The van der Waals surface area contributed by atoms with Crippen LogP contribution in [0.1, 0.15) is 11.1 Å². The van der Waals surface area contributed by atoms with Gasteiger partial charge in [0.1, 0.15) is 12.4 Å². The predicted octanol–water partition coefficient (Wildman–Crippen LogP) is 2.57. The molecular formula is C18H20N2O4S2. The molecule has 0 unspecified atom stereocenters. The molecule has 0 aliphatic carbocycles. The Hall–Kier alpha value is -2.16. The average molecular weight is 393 g/mol. The zero-order valence-corrected chi connectivity index (χ0v) is 16.4. The summed E-state index contributed by atoms with van der Waals surface area (Å²) in [7, 11) is -2.00. The molecular weight excluding hydrogens is 372 g/mol. The molecule has 0 radical (unpaired) electrons. The third-order valence-corrected chi connectivity index (χ3v) is 6.52. The van der Waals surface area contributed by atoms with Crippen LogP contribution in [0.15, 0.2) is 46.1 Å². The fraction of sp³-hybridized carbons (Fsp3) is 0.278. The Kier molecular flexibility index (Phi) is 5.17. The smallest absolute Gasteiger partial charge is 0.307 e. The first-order chi connectivity index (χ1) is 12.3. The Labute approximate surface area is 156 Å². The van der Waals surface area contributed by atoms with Gasteiger partial charge in [0, 0.05) is 13.6 Å². The second-order valence-electron chi connectivity index (χ2n) is 6.07. The van der Waals surface area contributed by atoms with Gasteiger partial charge in [-0.2, -0.15) is 0 Å². The first-order valence-electron chi connectivity index (χ1n) is 8.07. The zero-order valence-electron chi connectivity index (χ0n) is 14.8. The first-order valence-corrected chi connectivity index (χ1v) is 10.4. The molecule has 138 valence electrons. The lowest BCUT2D eigenvalue weighted by molar-refractivity contribution is 0.320. The van der Waals surface area contributed by atoms with Gasteiger partial charge in [-0.25, -0.2) is 13.1 Å². The number of nitrogens with zero attached hydrogens (tertiary/aromatic N) is 1. The summed E-state index contributed by atoms with van der Waals surface area (Å²) >= 11 is 1.03. The molecule has 2 aromatic carbocycles. The number of thiazole rings is 1. The van der Waals surface area contributed by atoms with Crippen LogP contribution in [-0.4, -0.2) is 26.1 Å². The van der Waals surface area contributed by atoms with Crippen LogP contribution in [0, 0.1) is 13.8 Å². The standard InChI is InChI=1S/C18H20N2O4S2/c1-12-4-5-13(2)16(10-12)24-9-8-19-26(22,23)14-6-7-15-17(11-14)25-18(21)20(15)3/h4-7,10-11,19H,8-9H2,1-3H3. The van der Waals surface area contributed by atoms with Gasteiger partial charge in [-0.05, 0) is 49.2 Å². The summed E-state index contributed by atoms with van der Waals surface area (Å²) in [6, 6.07) is 10.6. The molecule has 8 heteroatoms. The summed E-state index contributed by atoms with van der Waals surface area (Å²) in [4.78, 5) is 11.7. The Morgan fingerprint density at radius 2 is 1.92 bits per heavy atom. The molecule has 0 bridgehead atoms. The van der Waals surface area contributed by atoms with E-state index in [9.17, 15) is 13.2 Å². The molecule has 0 spiro atoms. The largest absolute Gasteiger partial charge is 0.492 e. The summed E-state index contributed by atoms with van der Waals surface area (Å²) < 4.78 is 35.3. The summed E-state index contributed by atoms with van der Waals surface area (Å²) in [6.45, 7) is 4.30. The van der Waals surface area contributed by atoms with Gasteiger partial charge in [-0.15, -0.1) is 0 Å². The number of sulfonamides is 1. The molecule has 0 aliphatic rings. The monoisotopic (exact) mass is 392 g/mol. The lowest BCUT2D eigenvalue weighted by Crippen LogP contribution is -2.28. The van der Waals surface area contributed by atoms with Gasteiger partial charge in [0.05, 0.1) is 15.1 Å². The maximum Gasteiger partial charge on any atom is 0.307 e. The van der Waals surface area contributed by atoms with E-state index < -0.39 is 10.0 Å². The van der Waals surface area contributed by atoms with Crippen LogP contribution in [0.25, 0.3) is 10.2 Å². The number of aromatic nitrogens is 1. The van der Waals surface area contributed by atoms with Crippen LogP contribution in [0.3, 0.4) is 0 Å². The van der Waals surface area contributed by atoms with Crippen molar-refractivity contribution in [3.05, 3.63) is 57.2 Å². The van der Waals surface area contributed by atoms with E-state index in [1.54, 1.807) is 13.1 Å². The fourth-order valence-corrected chi connectivity index (χ4v) is 4.60. The highest BCUT2D eigenvalue weighted by atomic mass is 32.2. The molecule has 1 N–H and O–H groups in total. The first kappa shape index (κ1) is 18.6. The molecule has 0 saturated carbocycles. The molecule has 1 aromatic heterocycles. The van der Waals surface area contributed by atoms with E-state index in [2.05, 4.69) is 4.72 Å². The van der Waals surface area contributed by atoms with Crippen molar-refractivity contribution in [2.45, 2.75) is 18.7 Å². The molecule has 0 atom stereocenters. The Morgan fingerprint density at radius 3 is 2.69 bits per heavy atom. The van der Waals surface area contributed by atoms with Crippen LogP contribution in [0.5, 0.6) is 5.75 Å². The van der Waals surface area contributed by atoms with Gasteiger partial charge in [0.2, 0.25) is 10.0 Å². The Balaban J connectivity index is 1.67. The number of rotatable bonds is 6. The summed E-state index contributed by atoms with van der Waals surface area (Å²) in [5, 5.41) is 0. The van der Waals surface area contributed by atoms with E-state index in [0.29, 0.717) is 4.70 Å². The Bertz CT molecular complexity index is 1110. The van der Waals surface area contributed by atoms with Crippen molar-refractivity contribution >= 4 is 31.6 Å². The minimum Gasteiger partial charge on any atom is -0.492 e. The number of ether oxygens (including phenoxy) is 1. The van der Waals surface area contributed by atoms with Gasteiger partial charge in [0.25, 0.3) is 0 Å². The van der Waals surface area contributed by atoms with Crippen molar-refractivity contribution in [1.82, 2.24) is 9.29 Å². The molecule has 1 heterocycles. The Morgan fingerprint density at radius 1 is 1.15 bits per heavy atom. The normalized spacial score (nSPS) is 11.8. The van der Waals surface area contributed by atoms with Crippen molar-refractivity contribution in [1.29, 1.82) is 0 Å². The maximum absolute atomic E-state index is 12.5. The van der Waals surface area contributed by atoms with Gasteiger partial charge in [0.15, 0.2) is 0 Å². The fourth-order valence-electron chi connectivity index (χ4n) is 2.56. The molecule has 6 nitrogen and oxygen atoms in total. The highest BCUT2D eigenvalue weighted by molar-refractivity contribution is 7.89. The van der Waals surface area contributed by atoms with Crippen molar-refractivity contribution < 1.29 is 13.2 Å². The molecule has 26 heavy (non-hydrogen) atoms. The quantitative estimate of drug-likeness (QED) is 0.654. The van der Waals surface area contributed by atoms with Gasteiger partial charge in [-0.3, -0.25) is 4.79 Å². The third-order valence-electron chi connectivity index (χ3n) is 4.07. The number of aryl methyl sites for hydroxylation is 3. The molecule has 0 aliphatic heterocycles. The molecule has 3 aromatic rings. The minimum absolute atomic E-state index is 0.121. The molecule has 3 rings (SSSR count). The number of hydrogen-bond acceptors (Lipinski definition) is 5. The summed E-state index contributed by atoms with van der Waals surface area (Å²) in [5.41, 5.74) is 2.81. The number of benzene rings is 2. The molecule has 0 fully saturated rings. The second-order valence-corrected chi connectivity index (χ2v) is 8.83. The topological polar surface area (TPSA) is 77.4 Å². The van der Waals surface area contributed by atoms with Crippen LogP contribution >= 0.6 is 11.3 Å². The van der Waals surface area contributed by atoms with E-state index in [1.165, 1.54) is 16.7 Å².